The zero-order chi connectivity index (χ0) is 34.6. The van der Waals surface area contributed by atoms with Crippen molar-refractivity contribution in [2.75, 3.05) is 62.2 Å². The summed E-state index contributed by atoms with van der Waals surface area (Å²) in [5, 5.41) is 2.15. The summed E-state index contributed by atoms with van der Waals surface area (Å²) in [6.07, 6.45) is 7.04. The lowest BCUT2D eigenvalue weighted by Crippen LogP contribution is -2.46. The molecule has 0 aliphatic carbocycles. The highest BCUT2D eigenvalue weighted by atomic mass is 79.9. The third-order valence-corrected chi connectivity index (χ3v) is 10.7. The standard InChI is InChI=1S/C38H38Br2N10O/c39-29-5-7-33-31(19-29)37(45-25-43-33)49-15-11-47(12-16-49)21-27-3-1-9-41-35(27)23-51-24-36-28(4-2-10-42-36)22-48-13-17-50(18-14-48)38-32-20-30(40)6-8-34(32)44-26-46-38/h1-10,19-20,25-26H,11-18,21-24H2. The smallest absolute Gasteiger partial charge is 0.140 e. The van der Waals surface area contributed by atoms with Gasteiger partial charge in [0.25, 0.3) is 0 Å². The van der Waals surface area contributed by atoms with E-state index < -0.39 is 0 Å². The first-order valence-electron chi connectivity index (χ1n) is 17.3. The number of halogens is 2. The second kappa shape index (κ2) is 15.6. The molecule has 0 radical (unpaired) electrons. The summed E-state index contributed by atoms with van der Waals surface area (Å²) >= 11 is 7.21. The van der Waals surface area contributed by atoms with E-state index in [2.05, 4.69) is 95.7 Å². The third-order valence-electron chi connectivity index (χ3n) is 9.73. The first kappa shape index (κ1) is 34.0. The summed E-state index contributed by atoms with van der Waals surface area (Å²) in [4.78, 5) is 37.4. The van der Waals surface area contributed by atoms with Crippen LogP contribution in [0, 0.1) is 0 Å². The Labute approximate surface area is 314 Å². The highest BCUT2D eigenvalue weighted by molar-refractivity contribution is 9.10. The number of anilines is 2. The van der Waals surface area contributed by atoms with Crippen LogP contribution >= 0.6 is 31.9 Å². The number of rotatable bonds is 10. The molecule has 0 saturated carbocycles. The molecule has 260 valence electrons. The van der Waals surface area contributed by atoms with Gasteiger partial charge in [-0.15, -0.1) is 0 Å². The van der Waals surface area contributed by atoms with Gasteiger partial charge in [-0.1, -0.05) is 44.0 Å². The predicted octanol–water partition coefficient (Wildman–Crippen LogP) is 6.25. The van der Waals surface area contributed by atoms with Crippen molar-refractivity contribution in [2.45, 2.75) is 26.3 Å². The number of aromatic nitrogens is 6. The molecule has 4 aromatic heterocycles. The Morgan fingerprint density at radius 3 is 1.43 bits per heavy atom. The van der Waals surface area contributed by atoms with Crippen molar-refractivity contribution < 1.29 is 4.74 Å². The molecule has 2 saturated heterocycles. The van der Waals surface area contributed by atoms with Gasteiger partial charge >= 0.3 is 0 Å². The highest BCUT2D eigenvalue weighted by Crippen LogP contribution is 2.29. The fourth-order valence-corrected chi connectivity index (χ4v) is 7.71. The summed E-state index contributed by atoms with van der Waals surface area (Å²) < 4.78 is 8.37. The van der Waals surface area contributed by atoms with Crippen LogP contribution in [0.25, 0.3) is 21.8 Å². The van der Waals surface area contributed by atoms with Gasteiger partial charge in [0.05, 0.1) is 35.6 Å². The van der Waals surface area contributed by atoms with Crippen molar-refractivity contribution in [2.24, 2.45) is 0 Å². The third kappa shape index (κ3) is 7.87. The van der Waals surface area contributed by atoms with Crippen molar-refractivity contribution in [3.63, 3.8) is 0 Å². The quantitative estimate of drug-likeness (QED) is 0.157. The lowest BCUT2D eigenvalue weighted by atomic mass is 10.1. The maximum Gasteiger partial charge on any atom is 0.140 e. The molecular formula is C38H38Br2N10O. The highest BCUT2D eigenvalue weighted by Gasteiger charge is 2.23. The summed E-state index contributed by atoms with van der Waals surface area (Å²) in [5.41, 5.74) is 6.27. The molecule has 0 bridgehead atoms. The normalized spacial score (nSPS) is 16.0. The predicted molar refractivity (Wildman–Crippen MR) is 206 cm³/mol. The average Bonchev–Trinajstić information content (AvgIpc) is 3.16. The van der Waals surface area contributed by atoms with Gasteiger partial charge in [-0.25, -0.2) is 19.9 Å². The SMILES string of the molecule is Brc1ccc2ncnc(N3CCN(Cc4cccnc4COCc4ncccc4CN4CCN(c5ncnc6ccc(Br)cc56)CC4)CC3)c2c1. The maximum absolute atomic E-state index is 6.30. The minimum Gasteiger partial charge on any atom is -0.369 e. The number of fused-ring (bicyclic) bond motifs is 2. The Bertz CT molecular complexity index is 1990. The van der Waals surface area contributed by atoms with Gasteiger partial charge in [0.15, 0.2) is 0 Å². The van der Waals surface area contributed by atoms with Crippen LogP contribution in [0.15, 0.2) is 94.7 Å². The first-order valence-corrected chi connectivity index (χ1v) is 18.8. The molecule has 2 fully saturated rings. The number of pyridine rings is 2. The molecule has 0 N–H and O–H groups in total. The first-order chi connectivity index (χ1) is 25.1. The van der Waals surface area contributed by atoms with Crippen LogP contribution in [0.1, 0.15) is 22.5 Å². The number of benzene rings is 2. The molecule has 2 aliphatic rings. The monoisotopic (exact) mass is 808 g/mol. The van der Waals surface area contributed by atoms with Crippen molar-refractivity contribution >= 4 is 65.3 Å². The van der Waals surface area contributed by atoms with Gasteiger partial charge in [0, 0.05) is 97.6 Å². The number of piperazine rings is 2. The second-order valence-electron chi connectivity index (χ2n) is 13.0. The van der Waals surface area contributed by atoms with Gasteiger partial charge in [-0.2, -0.15) is 0 Å². The summed E-state index contributed by atoms with van der Waals surface area (Å²) in [5.74, 6) is 1.99. The van der Waals surface area contributed by atoms with Gasteiger partial charge in [-0.05, 0) is 59.7 Å². The van der Waals surface area contributed by atoms with Crippen molar-refractivity contribution in [3.8, 4) is 0 Å². The van der Waals surface area contributed by atoms with E-state index in [1.807, 2.05) is 48.8 Å². The molecule has 11 nitrogen and oxygen atoms in total. The van der Waals surface area contributed by atoms with Crippen molar-refractivity contribution in [3.05, 3.63) is 117 Å². The van der Waals surface area contributed by atoms with Crippen LogP contribution < -0.4 is 9.80 Å². The van der Waals surface area contributed by atoms with Gasteiger partial charge in [-0.3, -0.25) is 19.8 Å². The zero-order valence-electron chi connectivity index (χ0n) is 28.2. The molecule has 0 atom stereocenters. The molecule has 6 heterocycles. The molecular weight excluding hydrogens is 772 g/mol. The topological polar surface area (TPSA) is 99.5 Å². The average molecular weight is 811 g/mol. The van der Waals surface area contributed by atoms with Gasteiger partial charge in [0.1, 0.15) is 24.3 Å². The fourth-order valence-electron chi connectivity index (χ4n) is 6.99. The molecule has 0 spiro atoms. The van der Waals surface area contributed by atoms with Crippen LogP contribution in [0.5, 0.6) is 0 Å². The minimum atomic E-state index is 0.440. The molecule has 2 aliphatic heterocycles. The second-order valence-corrected chi connectivity index (χ2v) is 14.8. The molecule has 8 rings (SSSR count). The van der Waals surface area contributed by atoms with Crippen LogP contribution in [0.2, 0.25) is 0 Å². The largest absolute Gasteiger partial charge is 0.369 e. The molecule has 0 unspecified atom stereocenters. The minimum absolute atomic E-state index is 0.440. The summed E-state index contributed by atoms with van der Waals surface area (Å²) in [7, 11) is 0. The van der Waals surface area contributed by atoms with Crippen molar-refractivity contribution in [1.82, 2.24) is 39.7 Å². The lowest BCUT2D eigenvalue weighted by molar-refractivity contribution is 0.0991. The van der Waals surface area contributed by atoms with E-state index in [9.17, 15) is 0 Å². The van der Waals surface area contributed by atoms with Crippen LogP contribution in [0.4, 0.5) is 11.6 Å². The van der Waals surface area contributed by atoms with E-state index in [0.717, 1.165) is 119 Å². The number of hydrogen-bond donors (Lipinski definition) is 0. The Kier molecular flexibility index (Phi) is 10.4. The van der Waals surface area contributed by atoms with E-state index in [4.69, 9.17) is 14.7 Å². The summed E-state index contributed by atoms with van der Waals surface area (Å²) in [6, 6.07) is 20.7. The molecule has 6 aromatic rings. The molecule has 2 aromatic carbocycles. The number of ether oxygens (including phenoxy) is 1. The van der Waals surface area contributed by atoms with E-state index in [1.54, 1.807) is 12.7 Å². The number of hydrogen-bond acceptors (Lipinski definition) is 11. The van der Waals surface area contributed by atoms with Gasteiger partial charge in [0.2, 0.25) is 0 Å². The Morgan fingerprint density at radius 2 is 0.980 bits per heavy atom. The number of nitrogens with zero attached hydrogens (tertiary/aromatic N) is 10. The molecule has 13 heteroatoms. The van der Waals surface area contributed by atoms with Crippen molar-refractivity contribution in [1.29, 1.82) is 0 Å². The zero-order valence-corrected chi connectivity index (χ0v) is 31.4. The summed E-state index contributed by atoms with van der Waals surface area (Å²) in [6.45, 7) is 9.90. The maximum atomic E-state index is 6.30. The van der Waals surface area contributed by atoms with E-state index in [0.29, 0.717) is 13.2 Å². The van der Waals surface area contributed by atoms with E-state index >= 15 is 0 Å². The fraction of sp³-hybridized carbons (Fsp3) is 0.316. The van der Waals surface area contributed by atoms with Gasteiger partial charge < -0.3 is 14.5 Å². The Balaban J connectivity index is 0.846. The van der Waals surface area contributed by atoms with Crippen LogP contribution in [-0.2, 0) is 31.0 Å². The van der Waals surface area contributed by atoms with E-state index in [-0.39, 0.29) is 0 Å². The lowest BCUT2D eigenvalue weighted by Gasteiger charge is -2.36. The Morgan fingerprint density at radius 1 is 0.529 bits per heavy atom. The molecule has 0 amide bonds. The van der Waals surface area contributed by atoms with Crippen LogP contribution in [-0.4, -0.2) is 92.1 Å². The Hall–Kier alpha value is -4.14. The molecule has 51 heavy (non-hydrogen) atoms. The van der Waals surface area contributed by atoms with Crippen LogP contribution in [0.3, 0.4) is 0 Å². The van der Waals surface area contributed by atoms with E-state index in [1.165, 1.54) is 11.1 Å².